The maximum absolute atomic E-state index is 12.6. The molecule has 0 spiro atoms. The van der Waals surface area contributed by atoms with Crippen molar-refractivity contribution in [1.29, 1.82) is 0 Å². The molecule has 0 aliphatic carbocycles. The summed E-state index contributed by atoms with van der Waals surface area (Å²) >= 11 is 0. The first-order valence-electron chi connectivity index (χ1n) is 8.82. The van der Waals surface area contributed by atoms with Crippen molar-refractivity contribution >= 4 is 11.7 Å². The highest BCUT2D eigenvalue weighted by Crippen LogP contribution is 2.18. The van der Waals surface area contributed by atoms with Gasteiger partial charge in [0, 0.05) is 50.0 Å². The molecule has 0 saturated carbocycles. The van der Waals surface area contributed by atoms with E-state index in [0.29, 0.717) is 11.4 Å². The number of hydrogen-bond acceptors (Lipinski definition) is 5. The Morgan fingerprint density at radius 1 is 1.12 bits per heavy atom. The van der Waals surface area contributed by atoms with Crippen LogP contribution in [0.15, 0.2) is 36.5 Å². The number of amides is 1. The number of anilines is 1. The summed E-state index contributed by atoms with van der Waals surface area (Å²) in [6, 6.07) is 9.44. The molecule has 6 heteroatoms. The second-order valence-electron chi connectivity index (χ2n) is 6.37. The molecule has 1 aromatic heterocycles. The summed E-state index contributed by atoms with van der Waals surface area (Å²) in [5, 5.41) is 3.26. The predicted molar refractivity (Wildman–Crippen MR) is 99.6 cm³/mol. The van der Waals surface area contributed by atoms with Crippen molar-refractivity contribution in [1.82, 2.24) is 19.8 Å². The largest absolute Gasteiger partial charge is 0.370 e. The van der Waals surface area contributed by atoms with Gasteiger partial charge in [0.2, 0.25) is 0 Å². The molecule has 1 aliphatic rings. The second-order valence-corrected chi connectivity index (χ2v) is 6.37. The number of piperazine rings is 1. The van der Waals surface area contributed by atoms with Crippen molar-refractivity contribution in [2.24, 2.45) is 0 Å². The fourth-order valence-corrected chi connectivity index (χ4v) is 2.80. The lowest BCUT2D eigenvalue weighted by Gasteiger charge is -2.32. The highest BCUT2D eigenvalue weighted by atomic mass is 16.2. The highest BCUT2D eigenvalue weighted by molar-refractivity contribution is 5.94. The number of carbonyl (C=O) groups is 1. The third-order valence-corrected chi connectivity index (χ3v) is 4.39. The van der Waals surface area contributed by atoms with E-state index in [9.17, 15) is 4.79 Å². The number of hydrogen-bond donors (Lipinski definition) is 1. The Bertz CT molecular complexity index is 708. The van der Waals surface area contributed by atoms with Crippen LogP contribution in [0.1, 0.15) is 23.7 Å². The Hall–Kier alpha value is -2.47. The second kappa shape index (κ2) is 8.07. The van der Waals surface area contributed by atoms with Crippen LogP contribution in [0.25, 0.3) is 11.4 Å². The highest BCUT2D eigenvalue weighted by Gasteiger charge is 2.20. The van der Waals surface area contributed by atoms with Crippen molar-refractivity contribution in [2.75, 3.05) is 45.1 Å². The van der Waals surface area contributed by atoms with E-state index < -0.39 is 0 Å². The maximum atomic E-state index is 12.6. The zero-order valence-electron chi connectivity index (χ0n) is 14.9. The number of benzene rings is 1. The molecule has 2 aromatic rings. The van der Waals surface area contributed by atoms with E-state index in [2.05, 4.69) is 34.2 Å². The minimum absolute atomic E-state index is 0.0962. The summed E-state index contributed by atoms with van der Waals surface area (Å²) in [6.07, 6.45) is 2.80. The molecule has 0 unspecified atom stereocenters. The summed E-state index contributed by atoms with van der Waals surface area (Å²) in [6.45, 7) is 6.42. The van der Waals surface area contributed by atoms with Gasteiger partial charge < -0.3 is 15.1 Å². The fraction of sp³-hybridized carbons (Fsp3) is 0.421. The van der Waals surface area contributed by atoms with Gasteiger partial charge in [0.05, 0.1) is 0 Å². The molecule has 132 valence electrons. The first kappa shape index (κ1) is 17.4. The molecule has 1 saturated heterocycles. The van der Waals surface area contributed by atoms with Crippen LogP contribution in [-0.2, 0) is 0 Å². The van der Waals surface area contributed by atoms with Crippen LogP contribution in [0.2, 0.25) is 0 Å². The number of rotatable bonds is 5. The SMILES string of the molecule is CCCNc1ccnc(-c2ccc(C(=O)N3CCN(C)CC3)cc2)n1. The molecular formula is C19H25N5O. The quantitative estimate of drug-likeness (QED) is 0.906. The van der Waals surface area contributed by atoms with Gasteiger partial charge in [-0.2, -0.15) is 0 Å². The van der Waals surface area contributed by atoms with Crippen LogP contribution in [0.3, 0.4) is 0 Å². The van der Waals surface area contributed by atoms with E-state index in [1.165, 1.54) is 0 Å². The summed E-state index contributed by atoms with van der Waals surface area (Å²) in [5.41, 5.74) is 1.63. The van der Waals surface area contributed by atoms with Gasteiger partial charge >= 0.3 is 0 Å². The zero-order chi connectivity index (χ0) is 17.6. The Balaban J connectivity index is 1.70. The molecular weight excluding hydrogens is 314 g/mol. The standard InChI is InChI=1S/C19H25N5O/c1-3-9-20-17-8-10-21-18(22-17)15-4-6-16(7-5-15)19(25)24-13-11-23(2)12-14-24/h4-8,10H,3,9,11-14H2,1-2H3,(H,20,21,22). The lowest BCUT2D eigenvalue weighted by Crippen LogP contribution is -2.47. The molecule has 0 atom stereocenters. The fourth-order valence-electron chi connectivity index (χ4n) is 2.80. The summed E-state index contributed by atoms with van der Waals surface area (Å²) in [4.78, 5) is 25.6. The van der Waals surface area contributed by atoms with Gasteiger partial charge in [-0.1, -0.05) is 19.1 Å². The minimum Gasteiger partial charge on any atom is -0.370 e. The summed E-state index contributed by atoms with van der Waals surface area (Å²) in [5.74, 6) is 1.59. The lowest BCUT2D eigenvalue weighted by molar-refractivity contribution is 0.0664. The van der Waals surface area contributed by atoms with Gasteiger partial charge in [-0.3, -0.25) is 4.79 Å². The van der Waals surface area contributed by atoms with Gasteiger partial charge in [-0.05, 0) is 31.7 Å². The monoisotopic (exact) mass is 339 g/mol. The smallest absolute Gasteiger partial charge is 0.253 e. The molecule has 1 N–H and O–H groups in total. The van der Waals surface area contributed by atoms with Crippen molar-refractivity contribution in [3.05, 3.63) is 42.1 Å². The van der Waals surface area contributed by atoms with E-state index in [-0.39, 0.29) is 5.91 Å². The van der Waals surface area contributed by atoms with Gasteiger partial charge in [-0.25, -0.2) is 9.97 Å². The number of likely N-dealkylation sites (N-methyl/N-ethyl adjacent to an activating group) is 1. The number of nitrogens with one attached hydrogen (secondary N) is 1. The molecule has 2 heterocycles. The van der Waals surface area contributed by atoms with Crippen molar-refractivity contribution in [3.63, 3.8) is 0 Å². The normalized spacial score (nSPS) is 15.2. The maximum Gasteiger partial charge on any atom is 0.253 e. The Morgan fingerprint density at radius 2 is 1.84 bits per heavy atom. The number of aromatic nitrogens is 2. The molecule has 0 bridgehead atoms. The lowest BCUT2D eigenvalue weighted by atomic mass is 10.1. The minimum atomic E-state index is 0.0962. The Morgan fingerprint density at radius 3 is 2.52 bits per heavy atom. The first-order chi connectivity index (χ1) is 12.2. The molecule has 1 aromatic carbocycles. The molecule has 3 rings (SSSR count). The van der Waals surface area contributed by atoms with Crippen molar-refractivity contribution in [2.45, 2.75) is 13.3 Å². The van der Waals surface area contributed by atoms with Crippen LogP contribution < -0.4 is 5.32 Å². The van der Waals surface area contributed by atoms with Crippen LogP contribution in [0, 0.1) is 0 Å². The first-order valence-corrected chi connectivity index (χ1v) is 8.82. The third-order valence-electron chi connectivity index (χ3n) is 4.39. The van der Waals surface area contributed by atoms with E-state index in [1.807, 2.05) is 35.2 Å². The number of carbonyl (C=O) groups excluding carboxylic acids is 1. The molecule has 25 heavy (non-hydrogen) atoms. The topological polar surface area (TPSA) is 61.4 Å². The molecule has 1 amide bonds. The van der Waals surface area contributed by atoms with Crippen LogP contribution in [-0.4, -0.2) is 65.4 Å². The molecule has 0 radical (unpaired) electrons. The van der Waals surface area contributed by atoms with E-state index >= 15 is 0 Å². The van der Waals surface area contributed by atoms with Gasteiger partial charge in [0.25, 0.3) is 5.91 Å². The van der Waals surface area contributed by atoms with Crippen LogP contribution in [0.4, 0.5) is 5.82 Å². The van der Waals surface area contributed by atoms with Crippen molar-refractivity contribution in [3.8, 4) is 11.4 Å². The van der Waals surface area contributed by atoms with Crippen LogP contribution >= 0.6 is 0 Å². The summed E-state index contributed by atoms with van der Waals surface area (Å²) < 4.78 is 0. The van der Waals surface area contributed by atoms with Gasteiger partial charge in [0.1, 0.15) is 5.82 Å². The summed E-state index contributed by atoms with van der Waals surface area (Å²) in [7, 11) is 2.08. The third kappa shape index (κ3) is 4.33. The molecule has 6 nitrogen and oxygen atoms in total. The van der Waals surface area contributed by atoms with Gasteiger partial charge in [-0.15, -0.1) is 0 Å². The average Bonchev–Trinajstić information content (AvgIpc) is 2.67. The Kier molecular flexibility index (Phi) is 5.60. The average molecular weight is 339 g/mol. The van der Waals surface area contributed by atoms with E-state index in [0.717, 1.165) is 50.5 Å². The van der Waals surface area contributed by atoms with E-state index in [1.54, 1.807) is 6.20 Å². The zero-order valence-corrected chi connectivity index (χ0v) is 14.9. The molecule has 1 aliphatic heterocycles. The number of nitrogens with zero attached hydrogens (tertiary/aromatic N) is 4. The van der Waals surface area contributed by atoms with Gasteiger partial charge in [0.15, 0.2) is 5.82 Å². The van der Waals surface area contributed by atoms with Crippen LogP contribution in [0.5, 0.6) is 0 Å². The predicted octanol–water partition coefficient (Wildman–Crippen LogP) is 2.35. The Labute approximate surface area is 148 Å². The van der Waals surface area contributed by atoms with E-state index in [4.69, 9.17) is 0 Å². The molecule has 1 fully saturated rings. The van der Waals surface area contributed by atoms with Crippen molar-refractivity contribution < 1.29 is 4.79 Å².